The maximum absolute atomic E-state index is 12.5. The summed E-state index contributed by atoms with van der Waals surface area (Å²) in [7, 11) is 2.04. The van der Waals surface area contributed by atoms with E-state index in [1.807, 2.05) is 43.4 Å². The van der Waals surface area contributed by atoms with Gasteiger partial charge >= 0.3 is 0 Å². The van der Waals surface area contributed by atoms with Crippen molar-refractivity contribution in [2.45, 2.75) is 38.3 Å². The minimum Gasteiger partial charge on any atom is -0.388 e. The second-order valence-corrected chi connectivity index (χ2v) is 6.56. The zero-order valence-electron chi connectivity index (χ0n) is 14.6. The van der Waals surface area contributed by atoms with Crippen LogP contribution in [0.1, 0.15) is 53.4 Å². The zero-order valence-corrected chi connectivity index (χ0v) is 14.6. The molecule has 2 N–H and O–H groups in total. The highest BCUT2D eigenvalue weighted by Crippen LogP contribution is 2.31. The Morgan fingerprint density at radius 3 is 2.96 bits per heavy atom. The van der Waals surface area contributed by atoms with Gasteiger partial charge in [-0.25, -0.2) is 0 Å². The molecule has 2 aromatic rings. The van der Waals surface area contributed by atoms with Crippen LogP contribution in [0.25, 0.3) is 0 Å². The average molecular weight is 339 g/mol. The second-order valence-electron chi connectivity index (χ2n) is 6.56. The highest BCUT2D eigenvalue weighted by Gasteiger charge is 2.19. The molecule has 1 unspecified atom stereocenters. The van der Waals surface area contributed by atoms with Crippen molar-refractivity contribution in [2.75, 3.05) is 18.5 Å². The van der Waals surface area contributed by atoms with Crippen molar-refractivity contribution in [3.05, 3.63) is 59.4 Å². The topological polar surface area (TPSA) is 65.5 Å². The van der Waals surface area contributed by atoms with E-state index in [1.54, 1.807) is 6.20 Å². The van der Waals surface area contributed by atoms with Gasteiger partial charge in [0.2, 0.25) is 0 Å². The largest absolute Gasteiger partial charge is 0.388 e. The number of benzene rings is 1. The minimum atomic E-state index is -0.529. The first-order valence-electron chi connectivity index (χ1n) is 8.86. The number of pyridine rings is 1. The molecule has 1 aliphatic heterocycles. The standard InChI is InChI=1S/C20H25N3O2/c1-23-12-6-2-3-8-19(24)17-13-15(9-10-18(17)23)20(25)22-14-16-7-4-5-11-21-16/h4-5,7,9-11,13,19,24H,2-3,6,8,12,14H2,1H3,(H,22,25). The van der Waals surface area contributed by atoms with Gasteiger partial charge in [0.1, 0.15) is 0 Å². The number of carbonyl (C=O) groups is 1. The first kappa shape index (κ1) is 17.4. The predicted molar refractivity (Wildman–Crippen MR) is 98.5 cm³/mol. The molecule has 0 bridgehead atoms. The first-order valence-corrected chi connectivity index (χ1v) is 8.86. The van der Waals surface area contributed by atoms with E-state index in [9.17, 15) is 9.90 Å². The summed E-state index contributed by atoms with van der Waals surface area (Å²) in [6, 6.07) is 11.2. The van der Waals surface area contributed by atoms with Gasteiger partial charge in [-0.15, -0.1) is 0 Å². The van der Waals surface area contributed by atoms with Crippen molar-refractivity contribution < 1.29 is 9.90 Å². The van der Waals surface area contributed by atoms with Crippen LogP contribution >= 0.6 is 0 Å². The predicted octanol–water partition coefficient (Wildman–Crippen LogP) is 3.06. The van der Waals surface area contributed by atoms with Crippen LogP contribution in [-0.4, -0.2) is 29.6 Å². The van der Waals surface area contributed by atoms with E-state index in [0.717, 1.165) is 49.2 Å². The van der Waals surface area contributed by atoms with Crippen molar-refractivity contribution in [2.24, 2.45) is 0 Å². The molecule has 1 aromatic carbocycles. The number of anilines is 1. The van der Waals surface area contributed by atoms with E-state index in [4.69, 9.17) is 0 Å². The van der Waals surface area contributed by atoms with E-state index >= 15 is 0 Å². The van der Waals surface area contributed by atoms with Gasteiger partial charge in [-0.3, -0.25) is 9.78 Å². The van der Waals surface area contributed by atoms with Gasteiger partial charge in [-0.2, -0.15) is 0 Å². The molecular weight excluding hydrogens is 314 g/mol. The quantitative estimate of drug-likeness (QED) is 0.902. The molecular formula is C20H25N3O2. The number of aromatic nitrogens is 1. The summed E-state index contributed by atoms with van der Waals surface area (Å²) in [4.78, 5) is 18.9. The lowest BCUT2D eigenvalue weighted by Crippen LogP contribution is -2.24. The molecule has 2 heterocycles. The van der Waals surface area contributed by atoms with Gasteiger partial charge in [-0.05, 0) is 43.2 Å². The van der Waals surface area contributed by atoms with Gasteiger partial charge in [0.15, 0.2) is 0 Å². The SMILES string of the molecule is CN1CCCCCC(O)c2cc(C(=O)NCc3ccccn3)ccc21. The third-order valence-corrected chi connectivity index (χ3v) is 4.69. The molecule has 0 spiro atoms. The maximum atomic E-state index is 12.5. The average Bonchev–Trinajstić information content (AvgIpc) is 2.71. The third kappa shape index (κ3) is 4.37. The van der Waals surface area contributed by atoms with Crippen molar-refractivity contribution in [1.82, 2.24) is 10.3 Å². The molecule has 0 radical (unpaired) electrons. The molecule has 1 aromatic heterocycles. The molecule has 0 aliphatic carbocycles. The van der Waals surface area contributed by atoms with Crippen molar-refractivity contribution in [3.8, 4) is 0 Å². The van der Waals surface area contributed by atoms with Crippen molar-refractivity contribution >= 4 is 11.6 Å². The van der Waals surface area contributed by atoms with Gasteiger partial charge < -0.3 is 15.3 Å². The lowest BCUT2D eigenvalue weighted by atomic mass is 9.99. The van der Waals surface area contributed by atoms with E-state index in [2.05, 4.69) is 15.2 Å². The Morgan fingerprint density at radius 2 is 2.16 bits per heavy atom. The van der Waals surface area contributed by atoms with Crippen LogP contribution in [-0.2, 0) is 6.54 Å². The van der Waals surface area contributed by atoms with Gasteiger partial charge in [0.25, 0.3) is 5.91 Å². The summed E-state index contributed by atoms with van der Waals surface area (Å²) in [6.07, 6.45) is 5.16. The molecule has 3 rings (SSSR count). The summed E-state index contributed by atoms with van der Waals surface area (Å²) < 4.78 is 0. The van der Waals surface area contributed by atoms with E-state index in [1.165, 1.54) is 0 Å². The molecule has 1 aliphatic rings. The molecule has 5 heteroatoms. The van der Waals surface area contributed by atoms with Crippen molar-refractivity contribution in [1.29, 1.82) is 0 Å². The van der Waals surface area contributed by atoms with Crippen LogP contribution in [0.2, 0.25) is 0 Å². The number of aliphatic hydroxyl groups is 1. The number of amides is 1. The van der Waals surface area contributed by atoms with Crippen LogP contribution in [0, 0.1) is 0 Å². The van der Waals surface area contributed by atoms with Crippen LogP contribution in [0.3, 0.4) is 0 Å². The monoisotopic (exact) mass is 339 g/mol. The van der Waals surface area contributed by atoms with Gasteiger partial charge in [-0.1, -0.05) is 18.9 Å². The molecule has 0 fully saturated rings. The Labute approximate surface area is 148 Å². The number of hydrogen-bond acceptors (Lipinski definition) is 4. The van der Waals surface area contributed by atoms with Crippen LogP contribution in [0.4, 0.5) is 5.69 Å². The molecule has 1 amide bonds. The van der Waals surface area contributed by atoms with E-state index < -0.39 is 6.10 Å². The van der Waals surface area contributed by atoms with Crippen molar-refractivity contribution in [3.63, 3.8) is 0 Å². The lowest BCUT2D eigenvalue weighted by Gasteiger charge is -2.24. The fraction of sp³-hybridized carbons (Fsp3) is 0.400. The molecule has 0 saturated heterocycles. The number of nitrogens with one attached hydrogen (secondary N) is 1. The molecule has 132 valence electrons. The van der Waals surface area contributed by atoms with E-state index in [-0.39, 0.29) is 5.91 Å². The fourth-order valence-corrected chi connectivity index (χ4v) is 3.23. The Hall–Kier alpha value is -2.40. The number of carbonyl (C=O) groups excluding carboxylic acids is 1. The Bertz CT molecular complexity index is 718. The Kier molecular flexibility index (Phi) is 5.66. The number of aliphatic hydroxyl groups excluding tert-OH is 1. The van der Waals surface area contributed by atoms with Gasteiger partial charge in [0, 0.05) is 36.6 Å². The lowest BCUT2D eigenvalue weighted by molar-refractivity contribution is 0.0950. The number of rotatable bonds is 3. The summed E-state index contributed by atoms with van der Waals surface area (Å²) in [5.41, 5.74) is 3.24. The second kappa shape index (κ2) is 8.12. The Balaban J connectivity index is 1.78. The van der Waals surface area contributed by atoms with Gasteiger partial charge in [0.05, 0.1) is 18.3 Å². The summed E-state index contributed by atoms with van der Waals surface area (Å²) in [5, 5.41) is 13.4. The third-order valence-electron chi connectivity index (χ3n) is 4.69. The van der Waals surface area contributed by atoms with Crippen LogP contribution in [0.5, 0.6) is 0 Å². The Morgan fingerprint density at radius 1 is 1.28 bits per heavy atom. The number of fused-ring (bicyclic) bond motifs is 1. The first-order chi connectivity index (χ1) is 12.1. The molecule has 25 heavy (non-hydrogen) atoms. The summed E-state index contributed by atoms with van der Waals surface area (Å²) in [6.45, 7) is 1.35. The molecule has 0 saturated carbocycles. The highest BCUT2D eigenvalue weighted by molar-refractivity contribution is 5.95. The highest BCUT2D eigenvalue weighted by atomic mass is 16.3. The maximum Gasteiger partial charge on any atom is 0.251 e. The summed E-state index contributed by atoms with van der Waals surface area (Å²) in [5.74, 6) is -0.150. The van der Waals surface area contributed by atoms with E-state index in [0.29, 0.717) is 12.1 Å². The van der Waals surface area contributed by atoms with Crippen LogP contribution < -0.4 is 10.2 Å². The zero-order chi connectivity index (χ0) is 17.6. The summed E-state index contributed by atoms with van der Waals surface area (Å²) >= 11 is 0. The fourth-order valence-electron chi connectivity index (χ4n) is 3.23. The molecule has 5 nitrogen and oxygen atoms in total. The minimum absolute atomic E-state index is 0.150. The van der Waals surface area contributed by atoms with Crippen LogP contribution in [0.15, 0.2) is 42.6 Å². The number of hydrogen-bond donors (Lipinski definition) is 2. The smallest absolute Gasteiger partial charge is 0.251 e. The number of nitrogens with zero attached hydrogens (tertiary/aromatic N) is 2. The normalized spacial score (nSPS) is 17.8. The molecule has 1 atom stereocenters.